The molecule has 0 bridgehead atoms. The molecular weight excluding hydrogens is 360 g/mol. The maximum atomic E-state index is 12.1. The van der Waals surface area contributed by atoms with Crippen LogP contribution < -0.4 is 5.32 Å². The van der Waals surface area contributed by atoms with E-state index in [4.69, 9.17) is 4.98 Å². The monoisotopic (exact) mass is 396 g/mol. The van der Waals surface area contributed by atoms with Crippen molar-refractivity contribution in [1.82, 2.24) is 20.2 Å². The van der Waals surface area contributed by atoms with E-state index < -0.39 is 0 Å². The van der Waals surface area contributed by atoms with E-state index in [0.29, 0.717) is 30.2 Å². The number of H-pyrrole nitrogens is 1. The highest BCUT2D eigenvalue weighted by molar-refractivity contribution is 5.78. The van der Waals surface area contributed by atoms with Crippen LogP contribution in [0.25, 0.3) is 11.0 Å². The number of benzene rings is 1. The summed E-state index contributed by atoms with van der Waals surface area (Å²) in [6, 6.07) is 6.37. The molecule has 0 aliphatic heterocycles. The van der Waals surface area contributed by atoms with Gasteiger partial charge in [-0.1, -0.05) is 31.6 Å². The molecule has 3 atom stereocenters. The van der Waals surface area contributed by atoms with Crippen molar-refractivity contribution in [3.63, 3.8) is 0 Å². The van der Waals surface area contributed by atoms with Crippen molar-refractivity contribution in [2.75, 3.05) is 27.2 Å². The molecule has 0 saturated heterocycles. The van der Waals surface area contributed by atoms with E-state index in [0.717, 1.165) is 36.2 Å². The predicted molar refractivity (Wildman–Crippen MR) is 120 cm³/mol. The fraction of sp³-hybridized carbons (Fsp3) is 0.583. The Morgan fingerprint density at radius 3 is 2.76 bits per heavy atom. The van der Waals surface area contributed by atoms with Crippen molar-refractivity contribution < 1.29 is 4.79 Å². The topological polar surface area (TPSA) is 61.0 Å². The Balaban J connectivity index is 1.71. The maximum absolute atomic E-state index is 12.1. The van der Waals surface area contributed by atoms with Gasteiger partial charge in [-0.15, -0.1) is 0 Å². The Hall–Kier alpha value is -2.14. The van der Waals surface area contributed by atoms with Crippen LogP contribution in [0.1, 0.15) is 38.6 Å². The lowest BCUT2D eigenvalue weighted by atomic mass is 9.70. The van der Waals surface area contributed by atoms with Gasteiger partial charge in [-0.3, -0.25) is 4.79 Å². The Morgan fingerprint density at radius 2 is 2.07 bits per heavy atom. The minimum atomic E-state index is 0.100. The standard InChI is InChI=1S/C24H36N4O/c1-15(2)20-11-18(12-23-26-21-8-7-16(3)9-22(21)27-23)17(4)10-19(20)13-25-24(29)14-28(5)6/h7-10,15,18-20H,11-14H2,1-6H3,(H,25,29)(H,26,27)/t18-,19-,20-/m0/s1. The Kier molecular flexibility index (Phi) is 6.78. The van der Waals surface area contributed by atoms with Crippen molar-refractivity contribution in [2.24, 2.45) is 23.7 Å². The highest BCUT2D eigenvalue weighted by Crippen LogP contribution is 2.38. The van der Waals surface area contributed by atoms with Crippen molar-refractivity contribution in [2.45, 2.75) is 40.5 Å². The lowest BCUT2D eigenvalue weighted by molar-refractivity contribution is -0.121. The first-order valence-electron chi connectivity index (χ1n) is 10.8. The molecule has 0 spiro atoms. The first-order chi connectivity index (χ1) is 13.7. The van der Waals surface area contributed by atoms with Gasteiger partial charge < -0.3 is 15.2 Å². The van der Waals surface area contributed by atoms with Crippen LogP contribution in [0.2, 0.25) is 0 Å². The van der Waals surface area contributed by atoms with Crippen molar-refractivity contribution in [1.29, 1.82) is 0 Å². The zero-order chi connectivity index (χ0) is 21.1. The maximum Gasteiger partial charge on any atom is 0.234 e. The molecule has 29 heavy (non-hydrogen) atoms. The van der Waals surface area contributed by atoms with Crippen molar-refractivity contribution in [3.8, 4) is 0 Å². The van der Waals surface area contributed by atoms with Gasteiger partial charge in [0.25, 0.3) is 0 Å². The molecule has 5 nitrogen and oxygen atoms in total. The van der Waals surface area contributed by atoms with Gasteiger partial charge in [-0.05, 0) is 75.7 Å². The molecule has 1 aliphatic carbocycles. The Labute approximate surface area is 175 Å². The normalized spacial score (nSPS) is 22.3. The van der Waals surface area contributed by atoms with Crippen LogP contribution in [0.5, 0.6) is 0 Å². The lowest BCUT2D eigenvalue weighted by Crippen LogP contribution is -2.40. The molecule has 0 unspecified atom stereocenters. The van der Waals surface area contributed by atoms with Crippen LogP contribution in [0.3, 0.4) is 0 Å². The molecular formula is C24H36N4O. The SMILES string of the molecule is CC1=C[C@@H](CNC(=O)CN(C)C)[C@H](C(C)C)C[C@H]1Cc1nc2ccc(C)cc2[nH]1. The van der Waals surface area contributed by atoms with Crippen LogP contribution in [-0.2, 0) is 11.2 Å². The molecule has 0 fully saturated rings. The van der Waals surface area contributed by atoms with Crippen LogP contribution >= 0.6 is 0 Å². The minimum absolute atomic E-state index is 0.100. The average molecular weight is 397 g/mol. The molecule has 1 aliphatic rings. The van der Waals surface area contributed by atoms with Gasteiger partial charge in [0, 0.05) is 13.0 Å². The number of imidazole rings is 1. The number of nitrogens with zero attached hydrogens (tertiary/aromatic N) is 2. The highest BCUT2D eigenvalue weighted by atomic mass is 16.2. The zero-order valence-corrected chi connectivity index (χ0v) is 18.7. The quantitative estimate of drug-likeness (QED) is 0.697. The molecule has 2 aromatic rings. The number of aromatic nitrogens is 2. The third kappa shape index (κ3) is 5.47. The summed E-state index contributed by atoms with van der Waals surface area (Å²) >= 11 is 0. The van der Waals surface area contributed by atoms with E-state index in [2.05, 4.69) is 62.3 Å². The lowest BCUT2D eigenvalue weighted by Gasteiger charge is -2.37. The molecule has 3 rings (SSSR count). The molecule has 1 aromatic carbocycles. The second kappa shape index (κ2) is 9.12. The summed E-state index contributed by atoms with van der Waals surface area (Å²) in [4.78, 5) is 22.3. The van der Waals surface area contributed by atoms with E-state index in [-0.39, 0.29) is 5.91 Å². The summed E-state index contributed by atoms with van der Waals surface area (Å²) in [5.74, 6) is 3.21. The number of rotatable bonds is 7. The molecule has 158 valence electrons. The van der Waals surface area contributed by atoms with Crippen LogP contribution in [0.15, 0.2) is 29.8 Å². The summed E-state index contributed by atoms with van der Waals surface area (Å²) in [6.07, 6.45) is 4.49. The number of hydrogen-bond acceptors (Lipinski definition) is 3. The molecule has 0 radical (unpaired) electrons. The van der Waals surface area contributed by atoms with Gasteiger partial charge >= 0.3 is 0 Å². The zero-order valence-electron chi connectivity index (χ0n) is 18.7. The van der Waals surface area contributed by atoms with E-state index in [1.165, 1.54) is 11.1 Å². The number of allylic oxidation sites excluding steroid dienone is 1. The summed E-state index contributed by atoms with van der Waals surface area (Å²) in [5.41, 5.74) is 4.84. The number of aromatic amines is 1. The van der Waals surface area contributed by atoms with E-state index >= 15 is 0 Å². The molecule has 1 aromatic heterocycles. The van der Waals surface area contributed by atoms with Crippen LogP contribution in [0.4, 0.5) is 0 Å². The minimum Gasteiger partial charge on any atom is -0.354 e. The van der Waals surface area contributed by atoms with Gasteiger partial charge in [-0.2, -0.15) is 0 Å². The van der Waals surface area contributed by atoms with Gasteiger partial charge in [0.15, 0.2) is 0 Å². The fourth-order valence-corrected chi connectivity index (χ4v) is 4.59. The van der Waals surface area contributed by atoms with Crippen molar-refractivity contribution >= 4 is 16.9 Å². The van der Waals surface area contributed by atoms with Gasteiger partial charge in [-0.25, -0.2) is 4.98 Å². The highest BCUT2D eigenvalue weighted by Gasteiger charge is 2.32. The molecule has 1 heterocycles. The number of carbonyl (C=O) groups is 1. The first-order valence-corrected chi connectivity index (χ1v) is 10.8. The molecule has 0 saturated carbocycles. The number of hydrogen-bond donors (Lipinski definition) is 2. The van der Waals surface area contributed by atoms with Gasteiger partial charge in [0.2, 0.25) is 5.91 Å². The number of nitrogens with one attached hydrogen (secondary N) is 2. The Bertz CT molecular complexity index is 880. The number of aryl methyl sites for hydroxylation is 1. The number of likely N-dealkylation sites (N-methyl/N-ethyl adjacent to an activating group) is 1. The third-order valence-corrected chi connectivity index (χ3v) is 6.20. The van der Waals surface area contributed by atoms with Crippen LogP contribution in [-0.4, -0.2) is 48.0 Å². The van der Waals surface area contributed by atoms with E-state index in [9.17, 15) is 4.79 Å². The summed E-state index contributed by atoms with van der Waals surface area (Å²) in [6.45, 7) is 10.1. The smallest absolute Gasteiger partial charge is 0.234 e. The summed E-state index contributed by atoms with van der Waals surface area (Å²) in [5, 5.41) is 3.13. The third-order valence-electron chi connectivity index (χ3n) is 6.20. The first kappa shape index (κ1) is 21.6. The number of fused-ring (bicyclic) bond motifs is 1. The van der Waals surface area contributed by atoms with Gasteiger partial charge in [0.05, 0.1) is 17.6 Å². The Morgan fingerprint density at radius 1 is 1.31 bits per heavy atom. The number of amides is 1. The molecule has 1 amide bonds. The summed E-state index contributed by atoms with van der Waals surface area (Å²) < 4.78 is 0. The average Bonchev–Trinajstić information content (AvgIpc) is 3.02. The largest absolute Gasteiger partial charge is 0.354 e. The van der Waals surface area contributed by atoms with Gasteiger partial charge in [0.1, 0.15) is 5.82 Å². The number of carbonyl (C=O) groups excluding carboxylic acids is 1. The fourth-order valence-electron chi connectivity index (χ4n) is 4.59. The molecule has 5 heteroatoms. The van der Waals surface area contributed by atoms with E-state index in [1.54, 1.807) is 0 Å². The second-order valence-electron chi connectivity index (χ2n) is 9.37. The van der Waals surface area contributed by atoms with Crippen LogP contribution in [0, 0.1) is 30.6 Å². The molecule has 2 N–H and O–H groups in total. The predicted octanol–water partition coefficient (Wildman–Crippen LogP) is 3.95. The summed E-state index contributed by atoms with van der Waals surface area (Å²) in [7, 11) is 3.84. The second-order valence-corrected chi connectivity index (χ2v) is 9.37. The van der Waals surface area contributed by atoms with Crippen molar-refractivity contribution in [3.05, 3.63) is 41.2 Å². The van der Waals surface area contributed by atoms with E-state index in [1.807, 2.05) is 19.0 Å².